The highest BCUT2D eigenvalue weighted by Crippen LogP contribution is 2.25. The Hall–Kier alpha value is -2.08. The largest absolute Gasteiger partial charge is 0.342 e. The fourth-order valence-corrected chi connectivity index (χ4v) is 3.97. The molecule has 0 N–H and O–H groups in total. The van der Waals surface area contributed by atoms with E-state index in [1.807, 2.05) is 45.9 Å². The van der Waals surface area contributed by atoms with Crippen LogP contribution in [0.25, 0.3) is 11.4 Å². The van der Waals surface area contributed by atoms with Crippen LogP contribution in [0.4, 0.5) is 0 Å². The van der Waals surface area contributed by atoms with Crippen molar-refractivity contribution < 1.29 is 4.79 Å². The van der Waals surface area contributed by atoms with Gasteiger partial charge in [-0.05, 0) is 18.8 Å². The molecule has 1 aromatic heterocycles. The molecule has 0 aliphatic carbocycles. The predicted octanol–water partition coefficient (Wildman–Crippen LogP) is 3.48. The number of carbonyl (C=O) groups is 1. The summed E-state index contributed by atoms with van der Waals surface area (Å²) in [6, 6.07) is 9.97. The standard InChI is InChI=1S/C19H24N4OS/c1-3-11-23-18(16-9-5-4-6-10-16)20-21-19(23)25-14-17(24)22-12-7-8-15(2)13-22/h3-6,9-10,15H,1,7-8,11-14H2,2H3. The number of hydrogen-bond donors (Lipinski definition) is 0. The molecule has 25 heavy (non-hydrogen) atoms. The monoisotopic (exact) mass is 356 g/mol. The van der Waals surface area contributed by atoms with Crippen molar-refractivity contribution in [3.63, 3.8) is 0 Å². The van der Waals surface area contributed by atoms with Crippen LogP contribution in [0.15, 0.2) is 48.1 Å². The first-order chi connectivity index (χ1) is 12.2. The van der Waals surface area contributed by atoms with Gasteiger partial charge in [0.05, 0.1) is 5.75 Å². The Morgan fingerprint density at radius 1 is 1.36 bits per heavy atom. The van der Waals surface area contributed by atoms with Crippen LogP contribution in [0.2, 0.25) is 0 Å². The lowest BCUT2D eigenvalue weighted by atomic mass is 10.0. The second kappa shape index (κ2) is 8.34. The molecule has 1 unspecified atom stereocenters. The number of thioether (sulfide) groups is 1. The van der Waals surface area contributed by atoms with Crippen LogP contribution < -0.4 is 0 Å². The normalized spacial score (nSPS) is 17.5. The van der Waals surface area contributed by atoms with Gasteiger partial charge in [0.25, 0.3) is 0 Å². The Labute approximate surface area is 153 Å². The van der Waals surface area contributed by atoms with Gasteiger partial charge in [-0.15, -0.1) is 16.8 Å². The van der Waals surface area contributed by atoms with Gasteiger partial charge < -0.3 is 4.90 Å². The molecule has 1 amide bonds. The first kappa shape index (κ1) is 17.7. The number of amides is 1. The lowest BCUT2D eigenvalue weighted by molar-refractivity contribution is -0.130. The first-order valence-corrected chi connectivity index (χ1v) is 9.67. The van der Waals surface area contributed by atoms with Crippen molar-refractivity contribution in [2.24, 2.45) is 5.92 Å². The van der Waals surface area contributed by atoms with E-state index in [9.17, 15) is 4.79 Å². The van der Waals surface area contributed by atoms with E-state index < -0.39 is 0 Å². The van der Waals surface area contributed by atoms with Gasteiger partial charge in [-0.1, -0.05) is 55.1 Å². The number of allylic oxidation sites excluding steroid dienone is 1. The summed E-state index contributed by atoms with van der Waals surface area (Å²) in [4.78, 5) is 14.5. The average molecular weight is 356 g/mol. The van der Waals surface area contributed by atoms with Crippen molar-refractivity contribution in [1.82, 2.24) is 19.7 Å². The van der Waals surface area contributed by atoms with Gasteiger partial charge in [0.15, 0.2) is 11.0 Å². The van der Waals surface area contributed by atoms with Gasteiger partial charge >= 0.3 is 0 Å². The highest BCUT2D eigenvalue weighted by molar-refractivity contribution is 7.99. The highest BCUT2D eigenvalue weighted by Gasteiger charge is 2.22. The molecule has 2 aromatic rings. The molecule has 1 fully saturated rings. The topological polar surface area (TPSA) is 51.0 Å². The second-order valence-corrected chi connectivity index (χ2v) is 7.39. The van der Waals surface area contributed by atoms with Crippen LogP contribution in [0.5, 0.6) is 0 Å². The Bertz CT molecular complexity index is 728. The molecule has 2 heterocycles. The summed E-state index contributed by atoms with van der Waals surface area (Å²) < 4.78 is 2.01. The molecule has 1 saturated heterocycles. The Balaban J connectivity index is 1.71. The SMILES string of the molecule is C=CCn1c(SCC(=O)N2CCCC(C)C2)nnc1-c1ccccc1. The smallest absolute Gasteiger partial charge is 0.233 e. The van der Waals surface area contributed by atoms with Crippen LogP contribution in [0, 0.1) is 5.92 Å². The molecule has 1 aliphatic rings. The number of piperidine rings is 1. The fourth-order valence-electron chi connectivity index (χ4n) is 3.12. The van der Waals surface area contributed by atoms with E-state index >= 15 is 0 Å². The molecule has 5 nitrogen and oxygen atoms in total. The van der Waals surface area contributed by atoms with Gasteiger partial charge in [0.1, 0.15) is 0 Å². The molecular formula is C19H24N4OS. The number of rotatable bonds is 6. The third kappa shape index (κ3) is 4.31. The van der Waals surface area contributed by atoms with Crippen LogP contribution in [0.1, 0.15) is 19.8 Å². The molecule has 3 rings (SSSR count). The molecule has 1 aliphatic heterocycles. The second-order valence-electron chi connectivity index (χ2n) is 6.45. The summed E-state index contributed by atoms with van der Waals surface area (Å²) in [7, 11) is 0. The Morgan fingerprint density at radius 2 is 2.16 bits per heavy atom. The van der Waals surface area contributed by atoms with E-state index in [1.54, 1.807) is 0 Å². The maximum Gasteiger partial charge on any atom is 0.233 e. The number of hydrogen-bond acceptors (Lipinski definition) is 4. The van der Waals surface area contributed by atoms with E-state index in [1.165, 1.54) is 18.2 Å². The predicted molar refractivity (Wildman–Crippen MR) is 101 cm³/mol. The van der Waals surface area contributed by atoms with Gasteiger partial charge in [0.2, 0.25) is 5.91 Å². The number of benzene rings is 1. The van der Waals surface area contributed by atoms with Crippen LogP contribution in [0.3, 0.4) is 0 Å². The quantitative estimate of drug-likeness (QED) is 0.587. The minimum atomic E-state index is 0.186. The van der Waals surface area contributed by atoms with Gasteiger partial charge in [-0.3, -0.25) is 9.36 Å². The van der Waals surface area contributed by atoms with Crippen molar-refractivity contribution in [2.45, 2.75) is 31.5 Å². The van der Waals surface area contributed by atoms with Crippen LogP contribution in [-0.4, -0.2) is 44.4 Å². The Kier molecular flexibility index (Phi) is 5.91. The van der Waals surface area contributed by atoms with Crippen molar-refractivity contribution >= 4 is 17.7 Å². The van der Waals surface area contributed by atoms with E-state index in [0.717, 1.165) is 36.1 Å². The summed E-state index contributed by atoms with van der Waals surface area (Å²) in [6.45, 7) is 8.40. The summed E-state index contributed by atoms with van der Waals surface area (Å²) >= 11 is 1.46. The molecule has 1 aromatic carbocycles. The van der Waals surface area contributed by atoms with Crippen molar-refractivity contribution in [2.75, 3.05) is 18.8 Å². The maximum atomic E-state index is 12.5. The highest BCUT2D eigenvalue weighted by atomic mass is 32.2. The minimum Gasteiger partial charge on any atom is -0.342 e. The fraction of sp³-hybridized carbons (Fsp3) is 0.421. The third-order valence-electron chi connectivity index (χ3n) is 4.39. The van der Waals surface area contributed by atoms with E-state index in [2.05, 4.69) is 23.7 Å². The van der Waals surface area contributed by atoms with Gasteiger partial charge in [-0.2, -0.15) is 0 Å². The zero-order valence-electron chi connectivity index (χ0n) is 14.6. The van der Waals surface area contributed by atoms with Gasteiger partial charge in [-0.25, -0.2) is 0 Å². The maximum absolute atomic E-state index is 12.5. The zero-order chi connectivity index (χ0) is 17.6. The molecule has 0 radical (unpaired) electrons. The summed E-state index contributed by atoms with van der Waals surface area (Å²) in [6.07, 6.45) is 4.14. The van der Waals surface area contributed by atoms with Crippen LogP contribution >= 0.6 is 11.8 Å². The van der Waals surface area contributed by atoms with E-state index in [4.69, 9.17) is 0 Å². The molecular weight excluding hydrogens is 332 g/mol. The summed E-state index contributed by atoms with van der Waals surface area (Å²) in [5.41, 5.74) is 1.01. The van der Waals surface area contributed by atoms with E-state index in [-0.39, 0.29) is 5.91 Å². The van der Waals surface area contributed by atoms with Crippen molar-refractivity contribution in [3.8, 4) is 11.4 Å². The van der Waals surface area contributed by atoms with E-state index in [0.29, 0.717) is 18.2 Å². The molecule has 0 saturated carbocycles. The summed E-state index contributed by atoms with van der Waals surface area (Å²) in [5.74, 6) is 1.99. The zero-order valence-corrected chi connectivity index (χ0v) is 15.4. The van der Waals surface area contributed by atoms with Crippen molar-refractivity contribution in [1.29, 1.82) is 0 Å². The number of aromatic nitrogens is 3. The molecule has 6 heteroatoms. The summed E-state index contributed by atoms with van der Waals surface area (Å²) in [5, 5.41) is 9.39. The molecule has 132 valence electrons. The minimum absolute atomic E-state index is 0.186. The average Bonchev–Trinajstić information content (AvgIpc) is 3.03. The first-order valence-electron chi connectivity index (χ1n) is 8.69. The number of likely N-dealkylation sites (tertiary alicyclic amines) is 1. The lowest BCUT2D eigenvalue weighted by Gasteiger charge is -2.30. The molecule has 1 atom stereocenters. The Morgan fingerprint density at radius 3 is 2.88 bits per heavy atom. The lowest BCUT2D eigenvalue weighted by Crippen LogP contribution is -2.40. The van der Waals surface area contributed by atoms with Gasteiger partial charge in [0, 0.05) is 25.2 Å². The third-order valence-corrected chi connectivity index (χ3v) is 5.35. The van der Waals surface area contributed by atoms with Crippen LogP contribution in [-0.2, 0) is 11.3 Å². The van der Waals surface area contributed by atoms with Crippen molar-refractivity contribution in [3.05, 3.63) is 43.0 Å². The molecule has 0 bridgehead atoms. The molecule has 0 spiro atoms. The number of nitrogens with zero attached hydrogens (tertiary/aromatic N) is 4. The number of carbonyl (C=O) groups excluding carboxylic acids is 1.